The third kappa shape index (κ3) is 2.89. The summed E-state index contributed by atoms with van der Waals surface area (Å²) in [5.41, 5.74) is 18.1. The van der Waals surface area contributed by atoms with Crippen molar-refractivity contribution in [2.24, 2.45) is 0 Å². The maximum absolute atomic E-state index is 2.57. The summed E-state index contributed by atoms with van der Waals surface area (Å²) in [6.45, 7) is 30.0. The molecule has 2 aliphatic carbocycles. The van der Waals surface area contributed by atoms with E-state index in [9.17, 15) is 0 Å². The molecule has 0 spiro atoms. The van der Waals surface area contributed by atoms with Crippen molar-refractivity contribution in [1.29, 1.82) is 0 Å². The fraction of sp³-hybridized carbons (Fsp3) is 0.615. The molecule has 0 saturated carbocycles. The molecule has 0 bridgehead atoms. The molecule has 0 fully saturated rings. The lowest BCUT2D eigenvalue weighted by atomic mass is 9.86. The Morgan fingerprint density at radius 2 is 0.857 bits per heavy atom. The first-order valence-corrected chi connectivity index (χ1v) is 18.5. The van der Waals surface area contributed by atoms with Gasteiger partial charge in [0.15, 0.2) is 0 Å². The highest BCUT2D eigenvalue weighted by atomic mass is 28.3. The van der Waals surface area contributed by atoms with E-state index in [0.717, 1.165) is 0 Å². The summed E-state index contributed by atoms with van der Waals surface area (Å²) in [5, 5.41) is 0. The summed E-state index contributed by atoms with van der Waals surface area (Å²) in [5.74, 6) is 0. The summed E-state index contributed by atoms with van der Waals surface area (Å²) in [6.07, 6.45) is 2.40. The predicted molar refractivity (Wildman–Crippen MR) is 134 cm³/mol. The van der Waals surface area contributed by atoms with E-state index < -0.39 is 16.1 Å². The SMILES string of the molecule is CCC1=C(C)c2c(C)c3c(c(C)c2[C@@H]1[Si](C)(C)C)C(C)=C(CC)[C@@H]3[Si](C)(C)C. The molecule has 1 aromatic carbocycles. The molecule has 28 heavy (non-hydrogen) atoms. The topological polar surface area (TPSA) is 0 Å². The van der Waals surface area contributed by atoms with Crippen LogP contribution in [0.15, 0.2) is 11.1 Å². The molecule has 0 heterocycles. The van der Waals surface area contributed by atoms with Gasteiger partial charge in [0, 0.05) is 11.1 Å². The molecule has 0 aromatic heterocycles. The predicted octanol–water partition coefficient (Wildman–Crippen LogP) is 8.62. The summed E-state index contributed by atoms with van der Waals surface area (Å²) < 4.78 is 0. The molecule has 2 heteroatoms. The van der Waals surface area contributed by atoms with Gasteiger partial charge in [-0.25, -0.2) is 0 Å². The Morgan fingerprint density at radius 3 is 1.07 bits per heavy atom. The Balaban J connectivity index is 2.45. The van der Waals surface area contributed by atoms with Crippen LogP contribution in [-0.2, 0) is 0 Å². The van der Waals surface area contributed by atoms with Crippen LogP contribution in [0, 0.1) is 13.8 Å². The van der Waals surface area contributed by atoms with Crippen LogP contribution in [-0.4, -0.2) is 16.1 Å². The number of fused-ring (bicyclic) bond motifs is 2. The van der Waals surface area contributed by atoms with Gasteiger partial charge in [0.05, 0.1) is 16.1 Å². The third-order valence-electron chi connectivity index (χ3n) is 7.58. The largest absolute Gasteiger partial charge is 0.0688 e. The quantitative estimate of drug-likeness (QED) is 0.436. The number of allylic oxidation sites excluding steroid dienone is 4. The lowest BCUT2D eigenvalue weighted by Gasteiger charge is -2.33. The lowest BCUT2D eigenvalue weighted by Crippen LogP contribution is -2.33. The van der Waals surface area contributed by atoms with E-state index >= 15 is 0 Å². The molecule has 0 saturated heterocycles. The van der Waals surface area contributed by atoms with Crippen molar-refractivity contribution in [3.05, 3.63) is 44.5 Å². The molecular weight excluding hydrogens is 368 g/mol. The van der Waals surface area contributed by atoms with E-state index in [1.54, 1.807) is 55.7 Å². The number of hydrogen-bond acceptors (Lipinski definition) is 0. The van der Waals surface area contributed by atoms with Crippen LogP contribution in [0.4, 0.5) is 0 Å². The average Bonchev–Trinajstić information content (AvgIpc) is 3.04. The fourth-order valence-electron chi connectivity index (χ4n) is 6.69. The van der Waals surface area contributed by atoms with Gasteiger partial charge in [-0.05, 0) is 85.1 Å². The lowest BCUT2D eigenvalue weighted by molar-refractivity contribution is 0.946. The number of rotatable bonds is 4. The van der Waals surface area contributed by atoms with Gasteiger partial charge in [0.2, 0.25) is 0 Å². The highest BCUT2D eigenvalue weighted by Gasteiger charge is 2.45. The first-order chi connectivity index (χ1) is 12.8. The molecule has 2 atom stereocenters. The van der Waals surface area contributed by atoms with E-state index in [2.05, 4.69) is 80.8 Å². The molecule has 0 amide bonds. The normalized spacial score (nSPS) is 22.3. The zero-order valence-electron chi connectivity index (χ0n) is 20.6. The molecule has 0 N–H and O–H groups in total. The molecule has 2 aliphatic rings. The third-order valence-corrected chi connectivity index (χ3v) is 12.3. The van der Waals surface area contributed by atoms with Crippen molar-refractivity contribution < 1.29 is 0 Å². The number of benzene rings is 1. The highest BCUT2D eigenvalue weighted by molar-refractivity contribution is 6.79. The average molecular weight is 411 g/mol. The van der Waals surface area contributed by atoms with Gasteiger partial charge in [0.25, 0.3) is 0 Å². The minimum absolute atomic E-state index is 0.695. The van der Waals surface area contributed by atoms with Crippen LogP contribution in [0.2, 0.25) is 39.3 Å². The molecule has 0 aliphatic heterocycles. The van der Waals surface area contributed by atoms with Gasteiger partial charge in [0.1, 0.15) is 0 Å². The van der Waals surface area contributed by atoms with E-state index in [-0.39, 0.29) is 0 Å². The van der Waals surface area contributed by atoms with Gasteiger partial charge in [-0.3, -0.25) is 0 Å². The molecule has 3 rings (SSSR count). The number of hydrogen-bond donors (Lipinski definition) is 0. The minimum Gasteiger partial charge on any atom is -0.0688 e. The van der Waals surface area contributed by atoms with Crippen LogP contribution >= 0.6 is 0 Å². The van der Waals surface area contributed by atoms with Crippen molar-refractivity contribution in [3.63, 3.8) is 0 Å². The zero-order chi connectivity index (χ0) is 21.3. The Morgan fingerprint density at radius 1 is 0.571 bits per heavy atom. The van der Waals surface area contributed by atoms with Crippen LogP contribution in [0.5, 0.6) is 0 Å². The molecule has 0 nitrogen and oxygen atoms in total. The van der Waals surface area contributed by atoms with Crippen LogP contribution in [0.25, 0.3) is 11.1 Å². The fourth-order valence-corrected chi connectivity index (χ4v) is 12.1. The van der Waals surface area contributed by atoms with Gasteiger partial charge in [-0.2, -0.15) is 0 Å². The minimum atomic E-state index is -1.35. The zero-order valence-corrected chi connectivity index (χ0v) is 22.6. The monoisotopic (exact) mass is 410 g/mol. The van der Waals surface area contributed by atoms with Crippen molar-refractivity contribution in [2.75, 3.05) is 0 Å². The van der Waals surface area contributed by atoms with Crippen molar-refractivity contribution in [1.82, 2.24) is 0 Å². The van der Waals surface area contributed by atoms with Gasteiger partial charge < -0.3 is 0 Å². The van der Waals surface area contributed by atoms with E-state index in [1.807, 2.05) is 0 Å². The van der Waals surface area contributed by atoms with Crippen LogP contribution < -0.4 is 0 Å². The Hall–Kier alpha value is -0.866. The first-order valence-electron chi connectivity index (χ1n) is 11.4. The second kappa shape index (κ2) is 6.84. The molecule has 154 valence electrons. The Bertz CT molecular complexity index is 822. The maximum atomic E-state index is 2.57. The maximum Gasteiger partial charge on any atom is 0.0569 e. The van der Waals surface area contributed by atoms with Crippen molar-refractivity contribution in [3.8, 4) is 0 Å². The highest BCUT2D eigenvalue weighted by Crippen LogP contribution is 2.57. The van der Waals surface area contributed by atoms with Gasteiger partial charge in [-0.15, -0.1) is 0 Å². The Kier molecular flexibility index (Phi) is 5.33. The first kappa shape index (κ1) is 21.8. The molecular formula is C26H42Si2. The molecule has 0 radical (unpaired) electrons. The summed E-state index contributed by atoms with van der Waals surface area (Å²) >= 11 is 0. The van der Waals surface area contributed by atoms with Crippen molar-refractivity contribution >= 4 is 27.3 Å². The molecule has 0 unspecified atom stereocenters. The van der Waals surface area contributed by atoms with Crippen LogP contribution in [0.1, 0.15) is 85.0 Å². The van der Waals surface area contributed by atoms with E-state index in [0.29, 0.717) is 11.1 Å². The summed E-state index contributed by atoms with van der Waals surface area (Å²) in [7, 11) is -2.71. The van der Waals surface area contributed by atoms with Crippen molar-refractivity contribution in [2.45, 2.75) is 105 Å². The Labute approximate surface area is 176 Å². The van der Waals surface area contributed by atoms with Gasteiger partial charge in [-0.1, -0.05) is 64.3 Å². The smallest absolute Gasteiger partial charge is 0.0569 e. The van der Waals surface area contributed by atoms with E-state index in [1.165, 1.54) is 12.8 Å². The standard InChI is InChI=1S/C26H42Si2/c1-13-19-15(3)21-17(5)24-22(18(6)23(21)25(19)27(7,8)9)16(4)20(14-2)26(24)28(10,11)12/h25-26H,13-14H2,1-12H3/t25-,26+. The second-order valence-corrected chi connectivity index (χ2v) is 22.1. The van der Waals surface area contributed by atoms with E-state index in [4.69, 9.17) is 0 Å². The summed E-state index contributed by atoms with van der Waals surface area (Å²) in [4.78, 5) is 0. The van der Waals surface area contributed by atoms with Crippen LogP contribution in [0.3, 0.4) is 0 Å². The molecule has 1 aromatic rings. The summed E-state index contributed by atoms with van der Waals surface area (Å²) in [6, 6.07) is 0. The van der Waals surface area contributed by atoms with Gasteiger partial charge >= 0.3 is 0 Å². The second-order valence-electron chi connectivity index (χ2n) is 11.4.